The molecule has 9 heavy (non-hydrogen) atoms. The Bertz CT molecular complexity index is 245. The molecule has 0 fully saturated rings. The van der Waals surface area contributed by atoms with Crippen LogP contribution in [-0.4, -0.2) is 9.97 Å². The molecule has 0 aliphatic heterocycles. The molecule has 0 bridgehead atoms. The van der Waals surface area contributed by atoms with Crippen molar-refractivity contribution in [3.8, 4) is 0 Å². The van der Waals surface area contributed by atoms with E-state index in [9.17, 15) is 4.39 Å². The zero-order valence-corrected chi connectivity index (χ0v) is 4.69. The zero-order valence-electron chi connectivity index (χ0n) is 4.69. The number of aromatic amines is 1. The van der Waals surface area contributed by atoms with Gasteiger partial charge in [0.2, 0.25) is 0 Å². The number of hydrogen-bond donors (Lipinski definition) is 1. The van der Waals surface area contributed by atoms with E-state index in [0.29, 0.717) is 5.69 Å². The van der Waals surface area contributed by atoms with E-state index < -0.39 is 6.08 Å². The number of nitrogens with one attached hydrogen (secondary N) is 1. The van der Waals surface area contributed by atoms with Gasteiger partial charge in [-0.2, -0.15) is 4.39 Å². The van der Waals surface area contributed by atoms with Crippen LogP contribution in [0, 0.1) is 6.08 Å². The van der Waals surface area contributed by atoms with Gasteiger partial charge in [-0.05, 0) is 0 Å². The summed E-state index contributed by atoms with van der Waals surface area (Å²) in [7, 11) is 0. The Morgan fingerprint density at radius 1 is 1.89 bits per heavy atom. The summed E-state index contributed by atoms with van der Waals surface area (Å²) in [4.78, 5) is 5.70. The zero-order chi connectivity index (χ0) is 6.69. The first-order valence-electron chi connectivity index (χ1n) is 2.39. The monoisotopic (exact) mass is 124 g/mol. The molecular formula is C6H5FN2. The van der Waals surface area contributed by atoms with Gasteiger partial charge >= 0.3 is 0 Å². The summed E-state index contributed by atoms with van der Waals surface area (Å²) in [6, 6.07) is 0. The summed E-state index contributed by atoms with van der Waals surface area (Å²) in [6.07, 6.45) is 2.34. The predicted molar refractivity (Wildman–Crippen MR) is 32.1 cm³/mol. The van der Waals surface area contributed by atoms with E-state index >= 15 is 0 Å². The van der Waals surface area contributed by atoms with E-state index in [1.165, 1.54) is 12.3 Å². The van der Waals surface area contributed by atoms with E-state index in [-0.39, 0.29) is 0 Å². The van der Waals surface area contributed by atoms with Crippen LogP contribution in [0.3, 0.4) is 0 Å². The highest BCUT2D eigenvalue weighted by Crippen LogP contribution is 1.95. The Morgan fingerprint density at radius 2 is 2.67 bits per heavy atom. The second kappa shape index (κ2) is 2.29. The predicted octanol–water partition coefficient (Wildman–Crippen LogP) is 1.35. The summed E-state index contributed by atoms with van der Waals surface area (Å²) in [5.74, 6) is 0. The normalized spacial score (nSPS) is 8.56. The molecule has 0 unspecified atom stereocenters. The molecule has 0 radical (unpaired) electrons. The largest absolute Gasteiger partial charge is 0.320 e. The molecule has 2 nitrogen and oxygen atoms in total. The van der Waals surface area contributed by atoms with Crippen LogP contribution >= 0.6 is 0 Å². The number of aromatic nitrogens is 2. The third-order valence-electron chi connectivity index (χ3n) is 0.816. The highest BCUT2D eigenvalue weighted by atomic mass is 19.1. The van der Waals surface area contributed by atoms with Crippen LogP contribution < -0.4 is 0 Å². The second-order valence-electron chi connectivity index (χ2n) is 1.46. The first-order valence-corrected chi connectivity index (χ1v) is 2.39. The molecule has 1 heterocycles. The maximum absolute atomic E-state index is 12.0. The lowest BCUT2D eigenvalue weighted by atomic mass is 10.5. The number of rotatable bonds is 1. The van der Waals surface area contributed by atoms with Crippen molar-refractivity contribution < 1.29 is 4.39 Å². The van der Waals surface area contributed by atoms with Crippen molar-refractivity contribution >= 4 is 6.08 Å². The fraction of sp³-hybridized carbons (Fsp3) is 0. The number of imidazole rings is 1. The van der Waals surface area contributed by atoms with Crippen molar-refractivity contribution in [3.63, 3.8) is 0 Å². The van der Waals surface area contributed by atoms with E-state index in [2.05, 4.69) is 22.3 Å². The van der Waals surface area contributed by atoms with Crippen LogP contribution in [0.2, 0.25) is 0 Å². The lowest BCUT2D eigenvalue weighted by Gasteiger charge is -1.71. The fourth-order valence-electron chi connectivity index (χ4n) is 0.490. The van der Waals surface area contributed by atoms with Gasteiger partial charge in [0.05, 0.1) is 5.69 Å². The molecule has 3 heteroatoms. The van der Waals surface area contributed by atoms with Crippen molar-refractivity contribution in [1.82, 2.24) is 9.97 Å². The van der Waals surface area contributed by atoms with Gasteiger partial charge in [0.25, 0.3) is 6.08 Å². The molecule has 0 aromatic carbocycles. The second-order valence-corrected chi connectivity index (χ2v) is 1.46. The minimum absolute atomic E-state index is 0.502. The molecule has 0 atom stereocenters. The Hall–Kier alpha value is -1.34. The highest BCUT2D eigenvalue weighted by molar-refractivity contribution is 5.41. The van der Waals surface area contributed by atoms with Gasteiger partial charge in [0.1, 0.15) is 0 Å². The van der Waals surface area contributed by atoms with Gasteiger partial charge in [-0.15, -0.1) is 5.73 Å². The lowest BCUT2D eigenvalue weighted by Crippen LogP contribution is -1.72. The quantitative estimate of drug-likeness (QED) is 0.562. The van der Waals surface area contributed by atoms with Gasteiger partial charge in [-0.3, -0.25) is 0 Å². The first kappa shape index (κ1) is 5.79. The van der Waals surface area contributed by atoms with Crippen molar-refractivity contribution in [2.24, 2.45) is 0 Å². The summed E-state index contributed by atoms with van der Waals surface area (Å²) in [5.41, 5.74) is 2.98. The Labute approximate surface area is 51.7 Å². The number of hydrogen-bond acceptors (Lipinski definition) is 1. The minimum atomic E-state index is -0.587. The Kier molecular flexibility index (Phi) is 1.47. The lowest BCUT2D eigenvalue weighted by molar-refractivity contribution is 0.552. The van der Waals surface area contributed by atoms with E-state index in [0.717, 1.165) is 0 Å². The molecule has 0 spiro atoms. The van der Waals surface area contributed by atoms with Crippen LogP contribution in [0.15, 0.2) is 18.5 Å². The average Bonchev–Trinajstić information content (AvgIpc) is 2.17. The molecule has 0 aliphatic rings. The first-order chi connectivity index (χ1) is 4.33. The molecule has 1 aromatic heterocycles. The molecule has 1 aromatic rings. The van der Waals surface area contributed by atoms with Crippen LogP contribution in [-0.2, 0) is 0 Å². The molecule has 1 rings (SSSR count). The summed E-state index contributed by atoms with van der Waals surface area (Å²) in [5, 5.41) is 0. The third kappa shape index (κ3) is 1.27. The van der Waals surface area contributed by atoms with E-state index in [4.69, 9.17) is 0 Å². The van der Waals surface area contributed by atoms with Crippen LogP contribution in [0.1, 0.15) is 5.69 Å². The molecule has 0 aliphatic carbocycles. The van der Waals surface area contributed by atoms with E-state index in [1.807, 2.05) is 0 Å². The summed E-state index contributed by atoms with van der Waals surface area (Å²) >= 11 is 0. The van der Waals surface area contributed by atoms with Gasteiger partial charge < -0.3 is 4.98 Å². The number of nitrogens with zero attached hydrogens (tertiary/aromatic N) is 1. The number of H-pyrrole nitrogens is 1. The summed E-state index contributed by atoms with van der Waals surface area (Å²) in [6.45, 7) is 3.31. The maximum atomic E-state index is 12.0. The van der Waals surface area contributed by atoms with Crippen LogP contribution in [0.25, 0.3) is 6.08 Å². The number of halogens is 1. The van der Waals surface area contributed by atoms with Crippen LogP contribution in [0.4, 0.5) is 4.39 Å². The molecule has 0 saturated carbocycles. The Morgan fingerprint density at radius 3 is 3.11 bits per heavy atom. The fourth-order valence-corrected chi connectivity index (χ4v) is 0.490. The minimum Gasteiger partial charge on any atom is -0.320 e. The van der Waals surface area contributed by atoms with E-state index in [1.54, 1.807) is 0 Å². The van der Waals surface area contributed by atoms with Crippen molar-refractivity contribution in [3.05, 3.63) is 30.3 Å². The molecule has 1 N–H and O–H groups in total. The molecular weight excluding hydrogens is 119 g/mol. The SMILES string of the molecule is C=C=Cc1c[nH]c(F)n1. The van der Waals surface area contributed by atoms with Crippen molar-refractivity contribution in [2.45, 2.75) is 0 Å². The average molecular weight is 124 g/mol. The standard InChI is InChI=1S/C6H5FN2/c1-2-3-5-4-8-6(7)9-5/h3-4H,1H2,(H,8,9). The maximum Gasteiger partial charge on any atom is 0.287 e. The van der Waals surface area contributed by atoms with Crippen molar-refractivity contribution in [2.75, 3.05) is 0 Å². The Balaban J connectivity index is 2.97. The van der Waals surface area contributed by atoms with Gasteiger partial charge in [0.15, 0.2) is 0 Å². The smallest absolute Gasteiger partial charge is 0.287 e. The highest BCUT2D eigenvalue weighted by Gasteiger charge is 1.92. The summed E-state index contributed by atoms with van der Waals surface area (Å²) < 4.78 is 12.0. The molecule has 0 amide bonds. The van der Waals surface area contributed by atoms with Gasteiger partial charge in [-0.1, -0.05) is 6.58 Å². The molecule has 46 valence electrons. The molecule has 0 saturated heterocycles. The third-order valence-corrected chi connectivity index (χ3v) is 0.816. The topological polar surface area (TPSA) is 28.7 Å². The van der Waals surface area contributed by atoms with Crippen molar-refractivity contribution in [1.29, 1.82) is 0 Å². The van der Waals surface area contributed by atoms with Crippen LogP contribution in [0.5, 0.6) is 0 Å². The van der Waals surface area contributed by atoms with Gasteiger partial charge in [-0.25, -0.2) is 4.98 Å². The van der Waals surface area contributed by atoms with Gasteiger partial charge in [0, 0.05) is 12.3 Å².